The summed E-state index contributed by atoms with van der Waals surface area (Å²) in [6, 6.07) is 5.11. The third-order valence-corrected chi connectivity index (χ3v) is 4.05. The van der Waals surface area contributed by atoms with Crippen LogP contribution in [0, 0.1) is 5.92 Å². The first kappa shape index (κ1) is 14.6. The second kappa shape index (κ2) is 6.60. The summed E-state index contributed by atoms with van der Waals surface area (Å²) < 4.78 is 0. The summed E-state index contributed by atoms with van der Waals surface area (Å²) in [4.78, 5) is 14.2. The van der Waals surface area contributed by atoms with Crippen LogP contribution in [0.5, 0.6) is 0 Å². The molecule has 1 atom stereocenters. The number of halogens is 2. The normalized spacial score (nSPS) is 20.3. The molecule has 1 aromatic carbocycles. The molecule has 0 saturated carbocycles. The molecule has 0 aromatic heterocycles. The Hall–Kier alpha value is -0.770. The zero-order valence-electron chi connectivity index (χ0n) is 11.0. The van der Waals surface area contributed by atoms with E-state index in [4.69, 9.17) is 23.2 Å². The fraction of sp³-hybridized carbons (Fsp3) is 0.500. The minimum atomic E-state index is -0.00695. The minimum Gasteiger partial charge on any atom is -0.325 e. The van der Waals surface area contributed by atoms with E-state index in [1.807, 2.05) is 0 Å². The lowest BCUT2D eigenvalue weighted by Crippen LogP contribution is -2.39. The molecule has 0 aliphatic carbocycles. The fourth-order valence-corrected chi connectivity index (χ4v) is 2.71. The first-order chi connectivity index (χ1) is 9.04. The maximum absolute atomic E-state index is 12.0. The van der Waals surface area contributed by atoms with Crippen molar-refractivity contribution in [1.82, 2.24) is 4.90 Å². The van der Waals surface area contributed by atoms with Crippen LogP contribution in [0.15, 0.2) is 18.2 Å². The zero-order chi connectivity index (χ0) is 13.8. The summed E-state index contributed by atoms with van der Waals surface area (Å²) in [6.45, 7) is 4.65. The van der Waals surface area contributed by atoms with Crippen LogP contribution in [0.4, 0.5) is 5.69 Å². The molecule has 1 aliphatic rings. The molecule has 1 fully saturated rings. The van der Waals surface area contributed by atoms with E-state index in [-0.39, 0.29) is 5.91 Å². The molecule has 104 valence electrons. The minimum absolute atomic E-state index is 0.00695. The molecule has 2 rings (SSSR count). The van der Waals surface area contributed by atoms with Crippen molar-refractivity contribution in [3.8, 4) is 0 Å². The second-order valence-corrected chi connectivity index (χ2v) is 5.97. The SMILES string of the molecule is C[C@H]1CCCN(CC(=O)Nc2ccc(Cl)c(Cl)c2)C1. The van der Waals surface area contributed by atoms with Crippen LogP contribution in [0.1, 0.15) is 19.8 Å². The molecule has 19 heavy (non-hydrogen) atoms. The molecular formula is C14H18Cl2N2O. The Morgan fingerprint density at radius 3 is 2.89 bits per heavy atom. The van der Waals surface area contributed by atoms with Crippen LogP contribution in [-0.2, 0) is 4.79 Å². The van der Waals surface area contributed by atoms with Crippen LogP contribution < -0.4 is 5.32 Å². The van der Waals surface area contributed by atoms with E-state index in [1.165, 1.54) is 12.8 Å². The first-order valence-corrected chi connectivity index (χ1v) is 7.27. The van der Waals surface area contributed by atoms with Gasteiger partial charge in [-0.2, -0.15) is 0 Å². The van der Waals surface area contributed by atoms with Crippen LogP contribution in [0.2, 0.25) is 10.0 Å². The number of carbonyl (C=O) groups is 1. The van der Waals surface area contributed by atoms with Crippen molar-refractivity contribution in [1.29, 1.82) is 0 Å². The Morgan fingerprint density at radius 2 is 2.21 bits per heavy atom. The van der Waals surface area contributed by atoms with Crippen molar-refractivity contribution in [3.63, 3.8) is 0 Å². The highest BCUT2D eigenvalue weighted by Gasteiger charge is 2.18. The molecule has 1 heterocycles. The van der Waals surface area contributed by atoms with Gasteiger partial charge in [-0.05, 0) is 43.5 Å². The summed E-state index contributed by atoms with van der Waals surface area (Å²) in [5.74, 6) is 0.666. The summed E-state index contributed by atoms with van der Waals surface area (Å²) in [7, 11) is 0. The number of nitrogens with zero attached hydrogens (tertiary/aromatic N) is 1. The van der Waals surface area contributed by atoms with Gasteiger partial charge in [0.05, 0.1) is 16.6 Å². The van der Waals surface area contributed by atoms with Crippen LogP contribution in [0.3, 0.4) is 0 Å². The average molecular weight is 301 g/mol. The largest absolute Gasteiger partial charge is 0.325 e. The van der Waals surface area contributed by atoms with Gasteiger partial charge in [0, 0.05) is 12.2 Å². The molecule has 0 spiro atoms. The number of likely N-dealkylation sites (tertiary alicyclic amines) is 1. The van der Waals surface area contributed by atoms with Gasteiger partial charge in [0.2, 0.25) is 5.91 Å². The van der Waals surface area contributed by atoms with Gasteiger partial charge in [0.25, 0.3) is 0 Å². The summed E-state index contributed by atoms with van der Waals surface area (Å²) in [5, 5.41) is 3.79. The maximum atomic E-state index is 12.0. The lowest BCUT2D eigenvalue weighted by atomic mass is 10.0. The molecule has 1 N–H and O–H groups in total. The Balaban J connectivity index is 1.88. The number of rotatable bonds is 3. The number of amides is 1. The fourth-order valence-electron chi connectivity index (χ4n) is 2.41. The third-order valence-electron chi connectivity index (χ3n) is 3.31. The topological polar surface area (TPSA) is 32.3 Å². The zero-order valence-corrected chi connectivity index (χ0v) is 12.5. The van der Waals surface area contributed by atoms with Gasteiger partial charge in [-0.25, -0.2) is 0 Å². The maximum Gasteiger partial charge on any atom is 0.238 e. The van der Waals surface area contributed by atoms with E-state index in [0.717, 1.165) is 13.1 Å². The highest BCUT2D eigenvalue weighted by Crippen LogP contribution is 2.25. The molecule has 0 radical (unpaired) electrons. The molecule has 3 nitrogen and oxygen atoms in total. The Bertz CT molecular complexity index is 465. The predicted octanol–water partition coefficient (Wildman–Crippen LogP) is 3.66. The van der Waals surface area contributed by atoms with Crippen molar-refractivity contribution >= 4 is 34.8 Å². The summed E-state index contributed by atoms with van der Waals surface area (Å²) in [5.41, 5.74) is 0.685. The Morgan fingerprint density at radius 1 is 1.42 bits per heavy atom. The molecule has 1 aliphatic heterocycles. The van der Waals surface area contributed by atoms with Gasteiger partial charge in [-0.1, -0.05) is 30.1 Å². The van der Waals surface area contributed by atoms with E-state index < -0.39 is 0 Å². The number of anilines is 1. The van der Waals surface area contributed by atoms with E-state index in [0.29, 0.717) is 28.2 Å². The smallest absolute Gasteiger partial charge is 0.238 e. The number of piperidine rings is 1. The van der Waals surface area contributed by atoms with Gasteiger partial charge < -0.3 is 5.32 Å². The molecule has 0 unspecified atom stereocenters. The van der Waals surface area contributed by atoms with E-state index >= 15 is 0 Å². The number of hydrogen-bond donors (Lipinski definition) is 1. The van der Waals surface area contributed by atoms with Crippen molar-refractivity contribution in [2.75, 3.05) is 25.0 Å². The van der Waals surface area contributed by atoms with Crippen LogP contribution in [-0.4, -0.2) is 30.4 Å². The predicted molar refractivity (Wildman–Crippen MR) is 79.9 cm³/mol. The molecule has 0 bridgehead atoms. The van der Waals surface area contributed by atoms with Gasteiger partial charge in [-0.15, -0.1) is 0 Å². The van der Waals surface area contributed by atoms with E-state index in [9.17, 15) is 4.79 Å². The molecule has 1 saturated heterocycles. The monoisotopic (exact) mass is 300 g/mol. The van der Waals surface area contributed by atoms with Crippen LogP contribution in [0.25, 0.3) is 0 Å². The number of nitrogens with one attached hydrogen (secondary N) is 1. The standard InChI is InChI=1S/C14H18Cl2N2O/c1-10-3-2-6-18(8-10)9-14(19)17-11-4-5-12(15)13(16)7-11/h4-5,7,10H,2-3,6,8-9H2,1H3,(H,17,19)/t10-/m0/s1. The number of benzene rings is 1. The van der Waals surface area contributed by atoms with Gasteiger partial charge in [-0.3, -0.25) is 9.69 Å². The lowest BCUT2D eigenvalue weighted by molar-refractivity contribution is -0.117. The number of hydrogen-bond acceptors (Lipinski definition) is 2. The van der Waals surface area contributed by atoms with Gasteiger partial charge in [0.15, 0.2) is 0 Å². The summed E-state index contributed by atoms with van der Waals surface area (Å²) in [6.07, 6.45) is 2.42. The van der Waals surface area contributed by atoms with Crippen molar-refractivity contribution < 1.29 is 4.79 Å². The molecular weight excluding hydrogens is 283 g/mol. The molecule has 5 heteroatoms. The van der Waals surface area contributed by atoms with Crippen molar-refractivity contribution in [2.24, 2.45) is 5.92 Å². The Kier molecular flexibility index (Phi) is 5.08. The first-order valence-electron chi connectivity index (χ1n) is 6.52. The Labute approximate surface area is 123 Å². The highest BCUT2D eigenvalue weighted by molar-refractivity contribution is 6.42. The van der Waals surface area contributed by atoms with E-state index in [1.54, 1.807) is 18.2 Å². The quantitative estimate of drug-likeness (QED) is 0.924. The third kappa shape index (κ3) is 4.37. The average Bonchev–Trinajstić information content (AvgIpc) is 2.34. The highest BCUT2D eigenvalue weighted by atomic mass is 35.5. The van der Waals surface area contributed by atoms with Gasteiger partial charge in [0.1, 0.15) is 0 Å². The number of carbonyl (C=O) groups excluding carboxylic acids is 1. The van der Waals surface area contributed by atoms with Crippen LogP contribution >= 0.6 is 23.2 Å². The lowest BCUT2D eigenvalue weighted by Gasteiger charge is -2.30. The summed E-state index contributed by atoms with van der Waals surface area (Å²) >= 11 is 11.8. The van der Waals surface area contributed by atoms with E-state index in [2.05, 4.69) is 17.1 Å². The molecule has 1 amide bonds. The second-order valence-electron chi connectivity index (χ2n) is 5.16. The van der Waals surface area contributed by atoms with Crippen molar-refractivity contribution in [2.45, 2.75) is 19.8 Å². The van der Waals surface area contributed by atoms with Gasteiger partial charge >= 0.3 is 0 Å². The van der Waals surface area contributed by atoms with Crippen molar-refractivity contribution in [3.05, 3.63) is 28.2 Å². The molecule has 1 aromatic rings.